The Balaban J connectivity index is 1.91. The van der Waals surface area contributed by atoms with Gasteiger partial charge in [0, 0.05) is 24.8 Å². The minimum absolute atomic E-state index is 0.0166. The largest absolute Gasteiger partial charge is 0.493 e. The van der Waals surface area contributed by atoms with E-state index < -0.39 is 12.1 Å². The number of rotatable bonds is 9. The molecule has 2 aromatic carbocycles. The highest BCUT2D eigenvalue weighted by molar-refractivity contribution is 5.87. The lowest BCUT2D eigenvalue weighted by atomic mass is 9.62. The van der Waals surface area contributed by atoms with Crippen LogP contribution < -0.4 is 4.74 Å². The fraction of sp³-hybridized carbons (Fsp3) is 0.500. The van der Waals surface area contributed by atoms with E-state index in [0.717, 1.165) is 50.0 Å². The second kappa shape index (κ2) is 11.3. The predicted octanol–water partition coefficient (Wildman–Crippen LogP) is 6.01. The minimum atomic E-state index is -0.982. The average molecular weight is 479 g/mol. The Morgan fingerprint density at radius 2 is 1.66 bits per heavy atom. The van der Waals surface area contributed by atoms with Gasteiger partial charge < -0.3 is 19.7 Å². The van der Waals surface area contributed by atoms with Crippen LogP contribution in [0.5, 0.6) is 5.75 Å². The molecule has 35 heavy (non-hydrogen) atoms. The topological polar surface area (TPSA) is 76.0 Å². The molecule has 0 saturated carbocycles. The number of carbonyl (C=O) groups is 1. The van der Waals surface area contributed by atoms with Crippen LogP contribution in [0.3, 0.4) is 0 Å². The molecule has 0 saturated heterocycles. The number of fused-ring (bicyclic) bond motifs is 1. The fourth-order valence-electron chi connectivity index (χ4n) is 4.66. The third-order valence-electron chi connectivity index (χ3n) is 6.96. The summed E-state index contributed by atoms with van der Waals surface area (Å²) < 4.78 is 11.5. The maximum atomic E-state index is 11.1. The highest BCUT2D eigenvalue weighted by Crippen LogP contribution is 2.50. The number of aliphatic hydroxyl groups is 1. The number of unbranched alkanes of at least 4 members (excludes halogenated alkanes) is 2. The first-order valence-corrected chi connectivity index (χ1v) is 12.4. The number of aromatic carboxylic acids is 1. The molecule has 0 aromatic heterocycles. The van der Waals surface area contributed by atoms with E-state index in [1.807, 2.05) is 6.07 Å². The van der Waals surface area contributed by atoms with E-state index in [2.05, 4.69) is 45.6 Å². The molecule has 5 heteroatoms. The van der Waals surface area contributed by atoms with Gasteiger partial charge in [-0.15, -0.1) is 0 Å². The molecule has 5 nitrogen and oxygen atoms in total. The first kappa shape index (κ1) is 26.8. The van der Waals surface area contributed by atoms with Crippen molar-refractivity contribution in [3.05, 3.63) is 64.2 Å². The summed E-state index contributed by atoms with van der Waals surface area (Å²) >= 11 is 0. The second-order valence-electron chi connectivity index (χ2n) is 10.7. The highest BCUT2D eigenvalue weighted by Gasteiger charge is 2.40. The number of hydrogen-bond acceptors (Lipinski definition) is 4. The second-order valence-corrected chi connectivity index (χ2v) is 10.7. The summed E-state index contributed by atoms with van der Waals surface area (Å²) in [6, 6.07) is 10.4. The summed E-state index contributed by atoms with van der Waals surface area (Å²) in [4.78, 5) is 11.1. The number of hydrogen-bond donors (Lipinski definition) is 2. The Morgan fingerprint density at radius 1 is 1.00 bits per heavy atom. The fourth-order valence-corrected chi connectivity index (χ4v) is 4.66. The number of ether oxygens (including phenoxy) is 2. The zero-order chi connectivity index (χ0) is 25.6. The zero-order valence-corrected chi connectivity index (χ0v) is 21.6. The standard InChI is InChI=1S/C30H38O5/c1-29(2)15-16-30(3,4)27-24(29)19-23(20-26(27)35-18-8-6-7-17-34-5)25(31)14-11-21-9-12-22(13-10-21)28(32)33/h9-10,12-13,19-20,25,31H,6-8,15-18H2,1-5H3,(H,32,33). The number of carboxylic acids is 1. The third kappa shape index (κ3) is 6.66. The Bertz CT molecular complexity index is 1090. The van der Waals surface area contributed by atoms with Crippen molar-refractivity contribution in [2.75, 3.05) is 20.3 Å². The molecule has 0 heterocycles. The van der Waals surface area contributed by atoms with Crippen LogP contribution in [0.1, 0.15) is 98.5 Å². The van der Waals surface area contributed by atoms with Gasteiger partial charge in [0.2, 0.25) is 0 Å². The summed E-state index contributed by atoms with van der Waals surface area (Å²) in [7, 11) is 1.72. The van der Waals surface area contributed by atoms with Gasteiger partial charge >= 0.3 is 5.97 Å². The molecule has 0 radical (unpaired) electrons. The SMILES string of the molecule is COCCCCCOc1cc(C(O)C#Cc2ccc(C(=O)O)cc2)cc2c1C(C)(C)CCC2(C)C. The number of benzene rings is 2. The van der Waals surface area contributed by atoms with Crippen molar-refractivity contribution < 1.29 is 24.5 Å². The summed E-state index contributed by atoms with van der Waals surface area (Å²) in [5.41, 5.74) is 3.99. The van der Waals surface area contributed by atoms with Gasteiger partial charge in [0.1, 0.15) is 11.9 Å². The minimum Gasteiger partial charge on any atom is -0.493 e. The molecule has 2 aromatic rings. The molecule has 188 valence electrons. The molecule has 0 bridgehead atoms. The van der Waals surface area contributed by atoms with Gasteiger partial charge in [-0.05, 0) is 84.4 Å². The van der Waals surface area contributed by atoms with Crippen LogP contribution in [0.25, 0.3) is 0 Å². The summed E-state index contributed by atoms with van der Waals surface area (Å²) in [5, 5.41) is 20.0. The van der Waals surface area contributed by atoms with Crippen LogP contribution >= 0.6 is 0 Å². The van der Waals surface area contributed by atoms with Crippen molar-refractivity contribution in [2.24, 2.45) is 0 Å². The van der Waals surface area contributed by atoms with Crippen molar-refractivity contribution >= 4 is 5.97 Å². The Labute approximate surface area is 209 Å². The van der Waals surface area contributed by atoms with Crippen molar-refractivity contribution in [1.82, 2.24) is 0 Å². The molecule has 0 aliphatic heterocycles. The van der Waals surface area contributed by atoms with Gasteiger partial charge in [-0.1, -0.05) is 45.6 Å². The molecular weight excluding hydrogens is 440 g/mol. The van der Waals surface area contributed by atoms with Crippen molar-refractivity contribution in [3.63, 3.8) is 0 Å². The van der Waals surface area contributed by atoms with Gasteiger partial charge in [0.15, 0.2) is 0 Å². The molecule has 0 spiro atoms. The maximum absolute atomic E-state index is 11.1. The third-order valence-corrected chi connectivity index (χ3v) is 6.96. The lowest BCUT2D eigenvalue weighted by Crippen LogP contribution is -2.34. The van der Waals surface area contributed by atoms with Crippen molar-refractivity contribution in [3.8, 4) is 17.6 Å². The van der Waals surface area contributed by atoms with Crippen LogP contribution in [0, 0.1) is 11.8 Å². The van der Waals surface area contributed by atoms with E-state index >= 15 is 0 Å². The van der Waals surface area contributed by atoms with Gasteiger partial charge in [-0.2, -0.15) is 0 Å². The lowest BCUT2D eigenvalue weighted by molar-refractivity contribution is 0.0697. The first-order chi connectivity index (χ1) is 16.5. The Hall–Kier alpha value is -2.81. The molecule has 1 aliphatic rings. The smallest absolute Gasteiger partial charge is 0.335 e. The monoisotopic (exact) mass is 478 g/mol. The van der Waals surface area contributed by atoms with Gasteiger partial charge in [-0.25, -0.2) is 4.79 Å². The Kier molecular flexibility index (Phi) is 8.64. The van der Waals surface area contributed by atoms with Gasteiger partial charge in [-0.3, -0.25) is 0 Å². The lowest BCUT2D eigenvalue weighted by Gasteiger charge is -2.43. The van der Waals surface area contributed by atoms with Crippen LogP contribution in [-0.4, -0.2) is 36.5 Å². The summed E-state index contributed by atoms with van der Waals surface area (Å²) in [6.07, 6.45) is 4.15. The van der Waals surface area contributed by atoms with Gasteiger partial charge in [0.05, 0.1) is 12.2 Å². The molecule has 1 aliphatic carbocycles. The van der Waals surface area contributed by atoms with Gasteiger partial charge in [0.25, 0.3) is 0 Å². The van der Waals surface area contributed by atoms with Crippen molar-refractivity contribution in [2.45, 2.75) is 76.7 Å². The first-order valence-electron chi connectivity index (χ1n) is 12.4. The number of methoxy groups -OCH3 is 1. The predicted molar refractivity (Wildman–Crippen MR) is 138 cm³/mol. The molecule has 1 unspecified atom stereocenters. The van der Waals surface area contributed by atoms with E-state index in [4.69, 9.17) is 14.6 Å². The van der Waals surface area contributed by atoms with Crippen LogP contribution in [0.15, 0.2) is 36.4 Å². The molecule has 0 fully saturated rings. The van der Waals surface area contributed by atoms with E-state index in [1.165, 1.54) is 23.3 Å². The Morgan fingerprint density at radius 3 is 2.31 bits per heavy atom. The zero-order valence-electron chi connectivity index (χ0n) is 21.6. The maximum Gasteiger partial charge on any atom is 0.335 e. The molecule has 0 amide bonds. The number of aliphatic hydroxyl groups excluding tert-OH is 1. The van der Waals surface area contributed by atoms with Crippen LogP contribution in [-0.2, 0) is 15.6 Å². The molecule has 3 rings (SSSR count). The number of carboxylic acid groups (broad SMARTS) is 1. The van der Waals surface area contributed by atoms with E-state index in [-0.39, 0.29) is 16.4 Å². The normalized spacial score (nSPS) is 16.5. The quantitative estimate of drug-likeness (QED) is 0.341. The average Bonchev–Trinajstić information content (AvgIpc) is 2.82. The van der Waals surface area contributed by atoms with Crippen molar-refractivity contribution in [1.29, 1.82) is 0 Å². The van der Waals surface area contributed by atoms with Crippen LogP contribution in [0.2, 0.25) is 0 Å². The van der Waals surface area contributed by atoms with Crippen LogP contribution in [0.4, 0.5) is 0 Å². The molecular formula is C30H38O5. The van der Waals surface area contributed by atoms with E-state index in [1.54, 1.807) is 19.2 Å². The van der Waals surface area contributed by atoms with E-state index in [0.29, 0.717) is 12.2 Å². The molecule has 2 N–H and O–H groups in total. The van der Waals surface area contributed by atoms with E-state index in [9.17, 15) is 9.90 Å². The summed E-state index contributed by atoms with van der Waals surface area (Å²) in [6.45, 7) is 10.4. The summed E-state index contributed by atoms with van der Waals surface area (Å²) in [5.74, 6) is 5.76. The highest BCUT2D eigenvalue weighted by atomic mass is 16.5. The molecule has 1 atom stereocenters.